The van der Waals surface area contributed by atoms with Crippen molar-refractivity contribution in [2.75, 3.05) is 10.7 Å². The number of aliphatic imine (C=N–C) groups is 1. The van der Waals surface area contributed by atoms with Gasteiger partial charge in [0.1, 0.15) is 12.1 Å². The van der Waals surface area contributed by atoms with E-state index >= 15 is 0 Å². The Morgan fingerprint density at radius 3 is 2.47 bits per heavy atom. The van der Waals surface area contributed by atoms with Crippen molar-refractivity contribution in [1.29, 1.82) is 0 Å². The number of hydrogen-bond acceptors (Lipinski definition) is 6. The van der Waals surface area contributed by atoms with Gasteiger partial charge in [-0.1, -0.05) is 77.9 Å². The number of thioether (sulfide) groups is 1. The number of rotatable bonds is 8. The number of nitrogens with one attached hydrogen (secondary N) is 1. The number of ether oxygens (including phenoxy) is 1. The Bertz CT molecular complexity index is 1840. The number of amides is 1. The number of amidine groups is 1. The smallest absolute Gasteiger partial charge is 0.406 e. The van der Waals surface area contributed by atoms with Gasteiger partial charge in [0.15, 0.2) is 16.1 Å². The van der Waals surface area contributed by atoms with Crippen LogP contribution in [-0.4, -0.2) is 49.1 Å². The van der Waals surface area contributed by atoms with Crippen LogP contribution in [0.2, 0.25) is 0 Å². The number of aromatic nitrogens is 3. The van der Waals surface area contributed by atoms with Crippen LogP contribution in [0, 0.1) is 6.92 Å². The normalized spacial score (nSPS) is 15.4. The molecule has 3 aromatic carbocycles. The molecule has 2 heterocycles. The standard InChI is InChI=1S/C33H30BrF3N6O2S2/c1-19(2)26-14-5-20(3)15-28(26)43-29(44)17-47-32(43)40-31(46)39-21(4)27(34)16-22-6-8-23(9-7-22)30-38-18-42(41-30)24-10-12-25(13-11-24)45-33(35,36)37/h5-16,18-19,21H,17H2,1-4H3,(H,39,46)/b27-16+,40-32-. The van der Waals surface area contributed by atoms with Crippen LogP contribution in [0.3, 0.4) is 0 Å². The van der Waals surface area contributed by atoms with Gasteiger partial charge in [-0.05, 0) is 85.1 Å². The Balaban J connectivity index is 1.23. The molecule has 1 N–H and O–H groups in total. The van der Waals surface area contributed by atoms with Crippen molar-refractivity contribution in [3.63, 3.8) is 0 Å². The summed E-state index contributed by atoms with van der Waals surface area (Å²) in [6.07, 6.45) is -1.31. The largest absolute Gasteiger partial charge is 0.573 e. The maximum Gasteiger partial charge on any atom is 0.573 e. The predicted molar refractivity (Wildman–Crippen MR) is 188 cm³/mol. The van der Waals surface area contributed by atoms with Crippen LogP contribution in [0.4, 0.5) is 18.9 Å². The first-order valence-electron chi connectivity index (χ1n) is 14.5. The molecule has 0 bridgehead atoms. The zero-order valence-electron chi connectivity index (χ0n) is 25.7. The summed E-state index contributed by atoms with van der Waals surface area (Å²) in [6.45, 7) is 8.14. The van der Waals surface area contributed by atoms with Gasteiger partial charge in [-0.3, -0.25) is 9.69 Å². The minimum atomic E-state index is -4.76. The van der Waals surface area contributed by atoms with Gasteiger partial charge in [0.25, 0.3) is 0 Å². The first-order chi connectivity index (χ1) is 22.3. The van der Waals surface area contributed by atoms with E-state index in [0.717, 1.165) is 32.4 Å². The van der Waals surface area contributed by atoms with Crippen LogP contribution < -0.4 is 15.0 Å². The van der Waals surface area contributed by atoms with Crippen molar-refractivity contribution in [3.05, 3.63) is 94.2 Å². The number of alkyl halides is 3. The number of anilines is 1. The van der Waals surface area contributed by atoms with Gasteiger partial charge < -0.3 is 10.1 Å². The van der Waals surface area contributed by atoms with Crippen LogP contribution in [-0.2, 0) is 4.79 Å². The number of carbonyl (C=O) groups is 1. The highest BCUT2D eigenvalue weighted by molar-refractivity contribution is 9.11. The molecule has 1 atom stereocenters. The molecule has 1 aliphatic rings. The second-order valence-corrected chi connectivity index (χ2v) is 13.3. The van der Waals surface area contributed by atoms with Gasteiger partial charge in [0.2, 0.25) is 5.91 Å². The van der Waals surface area contributed by atoms with Crippen LogP contribution >= 0.6 is 39.9 Å². The highest BCUT2D eigenvalue weighted by atomic mass is 79.9. The number of nitrogens with zero attached hydrogens (tertiary/aromatic N) is 5. The highest BCUT2D eigenvalue weighted by Crippen LogP contribution is 2.34. The maximum absolute atomic E-state index is 12.9. The molecule has 1 amide bonds. The zero-order valence-corrected chi connectivity index (χ0v) is 29.0. The Labute approximate surface area is 288 Å². The monoisotopic (exact) mass is 742 g/mol. The molecule has 0 radical (unpaired) electrons. The van der Waals surface area contributed by atoms with Crippen molar-refractivity contribution in [1.82, 2.24) is 20.1 Å². The Kier molecular flexibility index (Phi) is 10.5. The van der Waals surface area contributed by atoms with E-state index in [9.17, 15) is 18.0 Å². The third-order valence-electron chi connectivity index (χ3n) is 7.07. The lowest BCUT2D eigenvalue weighted by Crippen LogP contribution is -2.34. The molecule has 0 aliphatic carbocycles. The van der Waals surface area contributed by atoms with E-state index in [1.54, 1.807) is 4.90 Å². The molecule has 14 heteroatoms. The number of thiocarbonyl (C=S) groups is 1. The molecule has 4 aromatic rings. The molecule has 8 nitrogen and oxygen atoms in total. The SMILES string of the molecule is Cc1ccc(C(C)C)c(N2C(=O)CS/C2=N\C(=S)NC(C)/C(Br)=C\c2ccc(-c3ncn(-c4ccc(OC(F)(F)F)cc4)n3)cc2)c1. The average molecular weight is 744 g/mol. The summed E-state index contributed by atoms with van der Waals surface area (Å²) in [5.74, 6) is 0.641. The highest BCUT2D eigenvalue weighted by Gasteiger charge is 2.32. The maximum atomic E-state index is 12.9. The summed E-state index contributed by atoms with van der Waals surface area (Å²) in [5.41, 5.74) is 5.18. The Morgan fingerprint density at radius 1 is 1.11 bits per heavy atom. The van der Waals surface area contributed by atoms with Crippen LogP contribution in [0.5, 0.6) is 5.75 Å². The van der Waals surface area contributed by atoms with Crippen molar-refractivity contribution < 1.29 is 22.7 Å². The van der Waals surface area contributed by atoms with E-state index in [0.29, 0.717) is 22.4 Å². The summed E-state index contributed by atoms with van der Waals surface area (Å²) in [4.78, 5) is 23.5. The molecule has 47 heavy (non-hydrogen) atoms. The second-order valence-electron chi connectivity index (χ2n) is 11.0. The van der Waals surface area contributed by atoms with Crippen molar-refractivity contribution in [2.45, 2.75) is 46.0 Å². The van der Waals surface area contributed by atoms with Gasteiger partial charge in [-0.15, -0.1) is 18.3 Å². The average Bonchev–Trinajstić information content (AvgIpc) is 3.64. The number of hydrogen-bond donors (Lipinski definition) is 1. The lowest BCUT2D eigenvalue weighted by Gasteiger charge is -2.22. The summed E-state index contributed by atoms with van der Waals surface area (Å²) >= 11 is 10.6. The van der Waals surface area contributed by atoms with Gasteiger partial charge in [0.05, 0.1) is 23.2 Å². The van der Waals surface area contributed by atoms with E-state index in [4.69, 9.17) is 12.2 Å². The fourth-order valence-electron chi connectivity index (χ4n) is 4.72. The Hall–Kier alpha value is -4.01. The van der Waals surface area contributed by atoms with E-state index < -0.39 is 6.36 Å². The molecular formula is C33H30BrF3N6O2S2. The molecule has 1 fully saturated rings. The van der Waals surface area contributed by atoms with Gasteiger partial charge in [-0.2, -0.15) is 4.99 Å². The lowest BCUT2D eigenvalue weighted by atomic mass is 9.99. The Morgan fingerprint density at radius 2 is 1.81 bits per heavy atom. The van der Waals surface area contributed by atoms with Crippen LogP contribution in [0.25, 0.3) is 23.2 Å². The quantitative estimate of drug-likeness (QED) is 0.182. The number of halogens is 4. The van der Waals surface area contributed by atoms with Crippen molar-refractivity contribution in [2.24, 2.45) is 4.99 Å². The first-order valence-corrected chi connectivity index (χ1v) is 16.7. The number of carbonyl (C=O) groups excluding carboxylic acids is 1. The van der Waals surface area contributed by atoms with E-state index in [-0.39, 0.29) is 28.7 Å². The summed E-state index contributed by atoms with van der Waals surface area (Å²) in [7, 11) is 0. The third-order valence-corrected chi connectivity index (χ3v) is 9.11. The molecule has 5 rings (SSSR count). The van der Waals surface area contributed by atoms with Crippen molar-refractivity contribution >= 4 is 67.9 Å². The molecular weight excluding hydrogens is 713 g/mol. The molecule has 1 aromatic heterocycles. The summed E-state index contributed by atoms with van der Waals surface area (Å²) < 4.78 is 43.5. The van der Waals surface area contributed by atoms with E-state index in [2.05, 4.69) is 61.0 Å². The van der Waals surface area contributed by atoms with Crippen LogP contribution in [0.15, 0.2) is 82.5 Å². The molecule has 1 saturated heterocycles. The minimum Gasteiger partial charge on any atom is -0.406 e. The summed E-state index contributed by atoms with van der Waals surface area (Å²) in [6, 6.07) is 18.9. The molecule has 244 valence electrons. The fraction of sp³-hybridized carbons (Fsp3) is 0.242. The van der Waals surface area contributed by atoms with Gasteiger partial charge in [0, 0.05) is 10.0 Å². The molecule has 0 saturated carbocycles. The van der Waals surface area contributed by atoms with Gasteiger partial charge >= 0.3 is 6.36 Å². The predicted octanol–water partition coefficient (Wildman–Crippen LogP) is 8.40. The number of aryl methyl sites for hydroxylation is 1. The van der Waals surface area contributed by atoms with Crippen LogP contribution in [0.1, 0.15) is 43.4 Å². The zero-order chi connectivity index (χ0) is 33.9. The third kappa shape index (κ3) is 8.67. The molecule has 0 spiro atoms. The second kappa shape index (κ2) is 14.4. The topological polar surface area (TPSA) is 84.6 Å². The van der Waals surface area contributed by atoms with Crippen molar-refractivity contribution in [3.8, 4) is 22.8 Å². The molecule has 1 aliphatic heterocycles. The van der Waals surface area contributed by atoms with E-state index in [1.807, 2.05) is 56.3 Å². The molecule has 1 unspecified atom stereocenters. The minimum absolute atomic E-state index is 0.0304. The summed E-state index contributed by atoms with van der Waals surface area (Å²) in [5, 5.41) is 8.49. The van der Waals surface area contributed by atoms with Gasteiger partial charge in [-0.25, -0.2) is 9.67 Å². The first kappa shape index (κ1) is 34.3. The fourth-order valence-corrected chi connectivity index (χ4v) is 6.29. The lowest BCUT2D eigenvalue weighted by molar-refractivity contribution is -0.274. The number of benzene rings is 3. The van der Waals surface area contributed by atoms with E-state index in [1.165, 1.54) is 47.0 Å².